The highest BCUT2D eigenvalue weighted by atomic mass is 35.5. The number of rotatable bonds is 6. The van der Waals surface area contributed by atoms with Crippen LogP contribution in [-0.4, -0.2) is 48.7 Å². The van der Waals surface area contributed by atoms with E-state index in [-0.39, 0.29) is 0 Å². The van der Waals surface area contributed by atoms with Crippen molar-refractivity contribution < 1.29 is 4.42 Å². The van der Waals surface area contributed by atoms with E-state index in [0.29, 0.717) is 57.8 Å². The number of nitrogens with zero attached hydrogens (tertiary/aromatic N) is 7. The van der Waals surface area contributed by atoms with Crippen molar-refractivity contribution in [3.63, 3.8) is 0 Å². The maximum atomic E-state index is 6.05. The Bertz CT molecular complexity index is 1230. The Kier molecular flexibility index (Phi) is 4.69. The molecule has 10 nitrogen and oxygen atoms in total. The summed E-state index contributed by atoms with van der Waals surface area (Å²) in [6.07, 6.45) is 5.12. The minimum atomic E-state index is 0.393. The molecule has 3 aromatic heterocycles. The van der Waals surface area contributed by atoms with Crippen molar-refractivity contribution in [2.45, 2.75) is 12.5 Å². The van der Waals surface area contributed by atoms with Crippen LogP contribution in [0.2, 0.25) is 10.0 Å². The third-order valence-corrected chi connectivity index (χ3v) is 6.73. The Morgan fingerprint density at radius 1 is 1.06 bits per heavy atom. The number of H-pyrrole nitrogens is 1. The predicted molar refractivity (Wildman–Crippen MR) is 117 cm³/mol. The molecule has 0 radical (unpaired) electrons. The molecule has 1 unspecified atom stereocenters. The summed E-state index contributed by atoms with van der Waals surface area (Å²) in [4.78, 5) is 10.8. The number of piperidine rings is 1. The molecule has 0 amide bonds. The molecule has 6 rings (SSSR count). The van der Waals surface area contributed by atoms with Crippen LogP contribution >= 0.6 is 23.2 Å². The molecule has 4 heterocycles. The second-order valence-electron chi connectivity index (χ2n) is 7.94. The SMILES string of the molecule is Clc1ccc(CNc2ncc(-c3nnc(N4C[C@@H]5C(c6cn[nH]n6)[C@@H]5C4)o3)cn2)cc1Cl. The fraction of sp³-hybridized carbons (Fsp3) is 0.300. The molecule has 1 aliphatic heterocycles. The molecule has 1 saturated carbocycles. The van der Waals surface area contributed by atoms with Gasteiger partial charge in [0.2, 0.25) is 5.95 Å². The van der Waals surface area contributed by atoms with E-state index in [1.807, 2.05) is 6.07 Å². The first-order valence-electron chi connectivity index (χ1n) is 10.1. The Morgan fingerprint density at radius 2 is 1.88 bits per heavy atom. The van der Waals surface area contributed by atoms with Crippen LogP contribution in [0.4, 0.5) is 12.0 Å². The van der Waals surface area contributed by atoms with Crippen molar-refractivity contribution in [3.05, 3.63) is 58.1 Å². The van der Waals surface area contributed by atoms with Crippen LogP contribution < -0.4 is 10.2 Å². The zero-order valence-corrected chi connectivity index (χ0v) is 18.1. The third-order valence-electron chi connectivity index (χ3n) is 5.99. The summed E-state index contributed by atoms with van der Waals surface area (Å²) in [7, 11) is 0. The minimum absolute atomic E-state index is 0.393. The molecule has 1 aliphatic carbocycles. The van der Waals surface area contributed by atoms with Crippen molar-refractivity contribution in [1.82, 2.24) is 35.6 Å². The van der Waals surface area contributed by atoms with Crippen molar-refractivity contribution in [3.8, 4) is 11.5 Å². The van der Waals surface area contributed by atoms with Gasteiger partial charge in [0, 0.05) is 37.9 Å². The molecular formula is C20H17Cl2N9O. The van der Waals surface area contributed by atoms with E-state index in [0.717, 1.165) is 24.3 Å². The maximum Gasteiger partial charge on any atom is 0.318 e. The van der Waals surface area contributed by atoms with Gasteiger partial charge < -0.3 is 14.6 Å². The number of nitrogens with one attached hydrogen (secondary N) is 2. The van der Waals surface area contributed by atoms with E-state index in [1.54, 1.807) is 30.7 Å². The second-order valence-corrected chi connectivity index (χ2v) is 8.75. The van der Waals surface area contributed by atoms with Crippen molar-refractivity contribution in [1.29, 1.82) is 0 Å². The molecule has 2 aliphatic rings. The largest absolute Gasteiger partial charge is 0.403 e. The molecule has 1 aromatic carbocycles. The van der Waals surface area contributed by atoms with Gasteiger partial charge in [-0.1, -0.05) is 34.4 Å². The van der Waals surface area contributed by atoms with Gasteiger partial charge >= 0.3 is 6.01 Å². The number of aromatic amines is 1. The molecule has 3 atom stereocenters. The topological polar surface area (TPSA) is 122 Å². The fourth-order valence-electron chi connectivity index (χ4n) is 4.31. The standard InChI is InChI=1S/C20H17Cl2N9O/c21-14-2-1-10(3-15(14)22)4-23-19-24-5-11(6-25-19)18-28-29-20(32-18)31-8-12-13(9-31)17(12)16-7-26-30-27-16/h1-3,5-7,12-13,17H,4,8-9H2,(H,23,24,25)(H,26,27,30)/t12-,13+,17?. The molecule has 0 spiro atoms. The lowest BCUT2D eigenvalue weighted by atomic mass is 10.2. The molecule has 32 heavy (non-hydrogen) atoms. The van der Waals surface area contributed by atoms with Crippen molar-refractivity contribution in [2.75, 3.05) is 23.3 Å². The van der Waals surface area contributed by atoms with E-state index in [9.17, 15) is 0 Å². The first-order valence-corrected chi connectivity index (χ1v) is 10.9. The smallest absolute Gasteiger partial charge is 0.318 e. The summed E-state index contributed by atoms with van der Waals surface area (Å²) >= 11 is 12.0. The number of hydrogen-bond acceptors (Lipinski definition) is 9. The van der Waals surface area contributed by atoms with E-state index in [1.165, 1.54) is 0 Å². The summed E-state index contributed by atoms with van der Waals surface area (Å²) in [6.45, 7) is 2.27. The average Bonchev–Trinajstić information content (AvgIpc) is 3.35. The lowest BCUT2D eigenvalue weighted by molar-refractivity contribution is 0.543. The molecule has 2 fully saturated rings. The summed E-state index contributed by atoms with van der Waals surface area (Å²) in [6, 6.07) is 5.98. The van der Waals surface area contributed by atoms with Crippen molar-refractivity contribution in [2.24, 2.45) is 11.8 Å². The normalized spacial score (nSPS) is 21.6. The van der Waals surface area contributed by atoms with Crippen molar-refractivity contribution >= 4 is 35.2 Å². The fourth-order valence-corrected chi connectivity index (χ4v) is 4.63. The van der Waals surface area contributed by atoms with Crippen LogP contribution in [0.1, 0.15) is 17.2 Å². The Hall–Kier alpha value is -3.24. The number of aromatic nitrogens is 7. The van der Waals surface area contributed by atoms with Crippen LogP contribution in [0, 0.1) is 11.8 Å². The molecule has 4 aromatic rings. The molecule has 162 valence electrons. The van der Waals surface area contributed by atoms with Gasteiger partial charge in [0.05, 0.1) is 27.5 Å². The van der Waals surface area contributed by atoms with E-state index in [2.05, 4.69) is 45.8 Å². The Balaban J connectivity index is 1.07. The number of fused-ring (bicyclic) bond motifs is 1. The second kappa shape index (κ2) is 7.72. The van der Waals surface area contributed by atoms with E-state index in [4.69, 9.17) is 27.6 Å². The molecule has 12 heteroatoms. The Morgan fingerprint density at radius 3 is 2.59 bits per heavy atom. The zero-order valence-electron chi connectivity index (χ0n) is 16.6. The number of anilines is 2. The number of benzene rings is 1. The number of hydrogen-bond donors (Lipinski definition) is 2. The maximum absolute atomic E-state index is 6.05. The van der Waals surface area contributed by atoms with E-state index < -0.39 is 0 Å². The highest BCUT2D eigenvalue weighted by Gasteiger charge is 2.58. The predicted octanol–water partition coefficient (Wildman–Crippen LogP) is 3.41. The molecule has 2 N–H and O–H groups in total. The monoisotopic (exact) mass is 469 g/mol. The van der Waals surface area contributed by atoms with Gasteiger partial charge in [-0.2, -0.15) is 15.4 Å². The average molecular weight is 470 g/mol. The van der Waals surface area contributed by atoms with Crippen LogP contribution in [0.15, 0.2) is 41.2 Å². The van der Waals surface area contributed by atoms with Gasteiger partial charge in [-0.3, -0.25) is 0 Å². The quantitative estimate of drug-likeness (QED) is 0.437. The van der Waals surface area contributed by atoms with Gasteiger partial charge in [0.15, 0.2) is 0 Å². The first-order chi connectivity index (χ1) is 15.7. The van der Waals surface area contributed by atoms with Gasteiger partial charge in [-0.05, 0) is 29.5 Å². The van der Waals surface area contributed by atoms with Crippen LogP contribution in [0.3, 0.4) is 0 Å². The third kappa shape index (κ3) is 3.55. The molecule has 1 saturated heterocycles. The Labute approximate surface area is 192 Å². The van der Waals surface area contributed by atoms with Gasteiger partial charge in [-0.15, -0.1) is 5.10 Å². The van der Waals surface area contributed by atoms with Crippen LogP contribution in [0.25, 0.3) is 11.5 Å². The molecular weight excluding hydrogens is 453 g/mol. The highest BCUT2D eigenvalue weighted by molar-refractivity contribution is 6.42. The van der Waals surface area contributed by atoms with Crippen LogP contribution in [0.5, 0.6) is 0 Å². The first kappa shape index (κ1) is 19.4. The van der Waals surface area contributed by atoms with Gasteiger partial charge in [0.1, 0.15) is 0 Å². The summed E-state index contributed by atoms with van der Waals surface area (Å²) in [5, 5.41) is 23.4. The van der Waals surface area contributed by atoms with Crippen LogP contribution in [-0.2, 0) is 6.54 Å². The molecule has 0 bridgehead atoms. The van der Waals surface area contributed by atoms with E-state index >= 15 is 0 Å². The lowest BCUT2D eigenvalue weighted by Gasteiger charge is -2.15. The number of halogens is 2. The highest BCUT2D eigenvalue weighted by Crippen LogP contribution is 2.58. The minimum Gasteiger partial charge on any atom is -0.403 e. The van der Waals surface area contributed by atoms with Gasteiger partial charge in [-0.25, -0.2) is 9.97 Å². The summed E-state index contributed by atoms with van der Waals surface area (Å²) < 4.78 is 5.88. The van der Waals surface area contributed by atoms with Gasteiger partial charge in [0.25, 0.3) is 5.89 Å². The zero-order chi connectivity index (χ0) is 21.7. The summed E-state index contributed by atoms with van der Waals surface area (Å²) in [5.41, 5.74) is 2.67. The lowest BCUT2D eigenvalue weighted by Crippen LogP contribution is -2.23. The summed E-state index contributed by atoms with van der Waals surface area (Å²) in [5.74, 6) is 2.46.